The molecule has 1 unspecified atom stereocenters. The molecule has 1 saturated heterocycles. The average molecular weight is 409 g/mol. The van der Waals surface area contributed by atoms with E-state index in [9.17, 15) is 4.79 Å². The molecule has 27 heavy (non-hydrogen) atoms. The van der Waals surface area contributed by atoms with Crippen LogP contribution < -0.4 is 5.73 Å². The van der Waals surface area contributed by atoms with E-state index in [2.05, 4.69) is 0 Å². The molecule has 0 saturated carbocycles. The smallest absolute Gasteiger partial charge is 0.274 e. The van der Waals surface area contributed by atoms with E-state index in [-0.39, 0.29) is 24.4 Å². The Labute approximate surface area is 171 Å². The summed E-state index contributed by atoms with van der Waals surface area (Å²) in [5.41, 5.74) is 9.77. The standard InChI is InChI=1S/C20H25ClN4O.ClH/c21-14-8-10-15(11-9-14)25-18-7-3-1-2-6-17(18)19(23-25)20(26)24-12-4-5-16(24)13-22;/h8-11,16H,1-7,12-13,22H2;1H. The van der Waals surface area contributed by atoms with Crippen molar-refractivity contribution in [3.05, 3.63) is 46.2 Å². The van der Waals surface area contributed by atoms with Crippen molar-refractivity contribution in [2.75, 3.05) is 13.1 Å². The number of carbonyl (C=O) groups excluding carboxylic acids is 1. The van der Waals surface area contributed by atoms with E-state index in [0.717, 1.165) is 56.3 Å². The molecule has 4 rings (SSSR count). The third-order valence-corrected chi connectivity index (χ3v) is 5.87. The van der Waals surface area contributed by atoms with Gasteiger partial charge in [-0.05, 0) is 62.8 Å². The second-order valence-electron chi connectivity index (χ2n) is 7.25. The molecule has 2 aromatic rings. The van der Waals surface area contributed by atoms with Gasteiger partial charge in [-0.2, -0.15) is 5.10 Å². The number of benzene rings is 1. The van der Waals surface area contributed by atoms with Gasteiger partial charge in [0.2, 0.25) is 0 Å². The number of hydrogen-bond donors (Lipinski definition) is 1. The number of nitrogens with zero attached hydrogens (tertiary/aromatic N) is 3. The lowest BCUT2D eigenvalue weighted by Gasteiger charge is -2.23. The molecule has 0 radical (unpaired) electrons. The summed E-state index contributed by atoms with van der Waals surface area (Å²) in [5.74, 6) is 0.0452. The lowest BCUT2D eigenvalue weighted by atomic mass is 10.1. The van der Waals surface area contributed by atoms with Gasteiger partial charge in [-0.15, -0.1) is 12.4 Å². The van der Waals surface area contributed by atoms with Gasteiger partial charge in [0.15, 0.2) is 5.69 Å². The van der Waals surface area contributed by atoms with E-state index in [1.165, 1.54) is 12.1 Å². The van der Waals surface area contributed by atoms with E-state index >= 15 is 0 Å². The average Bonchev–Trinajstić information content (AvgIpc) is 3.20. The summed E-state index contributed by atoms with van der Waals surface area (Å²) < 4.78 is 1.96. The highest BCUT2D eigenvalue weighted by Crippen LogP contribution is 2.29. The van der Waals surface area contributed by atoms with Crippen LogP contribution in [0.25, 0.3) is 5.69 Å². The molecule has 1 atom stereocenters. The first-order chi connectivity index (χ1) is 12.7. The van der Waals surface area contributed by atoms with Crippen molar-refractivity contribution in [3.8, 4) is 5.69 Å². The fourth-order valence-electron chi connectivity index (χ4n) is 4.23. The quantitative estimate of drug-likeness (QED) is 0.785. The van der Waals surface area contributed by atoms with Crippen LogP contribution in [0.1, 0.15) is 53.8 Å². The van der Waals surface area contributed by atoms with Crippen LogP contribution in [-0.4, -0.2) is 39.7 Å². The molecule has 2 heterocycles. The SMILES string of the molecule is Cl.NCC1CCCN1C(=O)c1nn(-c2ccc(Cl)cc2)c2c1CCCCC2. The van der Waals surface area contributed by atoms with Gasteiger partial charge < -0.3 is 10.6 Å². The number of likely N-dealkylation sites (tertiary alicyclic amines) is 1. The normalized spacial score (nSPS) is 19.3. The fourth-order valence-corrected chi connectivity index (χ4v) is 4.35. The Morgan fingerprint density at radius 1 is 1.15 bits per heavy atom. The summed E-state index contributed by atoms with van der Waals surface area (Å²) in [5, 5.41) is 5.49. The zero-order chi connectivity index (χ0) is 18.1. The van der Waals surface area contributed by atoms with Gasteiger partial charge in [-0.3, -0.25) is 4.79 Å². The van der Waals surface area contributed by atoms with E-state index in [0.29, 0.717) is 17.3 Å². The summed E-state index contributed by atoms with van der Waals surface area (Å²) >= 11 is 6.04. The summed E-state index contributed by atoms with van der Waals surface area (Å²) in [6.07, 6.45) is 7.33. The van der Waals surface area contributed by atoms with Crippen LogP contribution in [-0.2, 0) is 12.8 Å². The Hall–Kier alpha value is -1.56. The van der Waals surface area contributed by atoms with Gasteiger partial charge in [0.1, 0.15) is 0 Å². The Balaban J connectivity index is 0.00000210. The van der Waals surface area contributed by atoms with Gasteiger partial charge in [-0.25, -0.2) is 4.68 Å². The molecule has 1 fully saturated rings. The molecule has 2 N–H and O–H groups in total. The molecule has 1 aliphatic carbocycles. The van der Waals surface area contributed by atoms with Gasteiger partial charge in [0, 0.05) is 35.4 Å². The second-order valence-corrected chi connectivity index (χ2v) is 7.69. The van der Waals surface area contributed by atoms with Gasteiger partial charge in [-0.1, -0.05) is 18.0 Å². The van der Waals surface area contributed by atoms with Crippen molar-refractivity contribution in [1.82, 2.24) is 14.7 Å². The summed E-state index contributed by atoms with van der Waals surface area (Å²) in [6.45, 7) is 1.30. The number of nitrogens with two attached hydrogens (primary N) is 1. The topological polar surface area (TPSA) is 64.2 Å². The lowest BCUT2D eigenvalue weighted by Crippen LogP contribution is -2.40. The van der Waals surface area contributed by atoms with Crippen LogP contribution in [0.5, 0.6) is 0 Å². The van der Waals surface area contributed by atoms with Gasteiger partial charge in [0.05, 0.1) is 5.69 Å². The highest BCUT2D eigenvalue weighted by molar-refractivity contribution is 6.30. The number of rotatable bonds is 3. The maximum Gasteiger partial charge on any atom is 0.274 e. The van der Waals surface area contributed by atoms with E-state index in [1.54, 1.807) is 0 Å². The largest absolute Gasteiger partial charge is 0.333 e. The highest BCUT2D eigenvalue weighted by atomic mass is 35.5. The molecule has 146 valence electrons. The first-order valence-electron chi connectivity index (χ1n) is 9.57. The van der Waals surface area contributed by atoms with Gasteiger partial charge >= 0.3 is 0 Å². The zero-order valence-corrected chi connectivity index (χ0v) is 16.9. The van der Waals surface area contributed by atoms with E-state index < -0.39 is 0 Å². The molecule has 1 amide bonds. The molecule has 0 bridgehead atoms. The number of aromatic nitrogens is 2. The predicted molar refractivity (Wildman–Crippen MR) is 110 cm³/mol. The van der Waals surface area contributed by atoms with Crippen LogP contribution in [0.3, 0.4) is 0 Å². The maximum atomic E-state index is 13.3. The van der Waals surface area contributed by atoms with Crippen molar-refractivity contribution < 1.29 is 4.79 Å². The third-order valence-electron chi connectivity index (χ3n) is 5.61. The molecule has 1 aliphatic heterocycles. The molecule has 7 heteroatoms. The fraction of sp³-hybridized carbons (Fsp3) is 0.500. The molecule has 5 nitrogen and oxygen atoms in total. The monoisotopic (exact) mass is 408 g/mol. The van der Waals surface area contributed by atoms with Crippen molar-refractivity contribution in [3.63, 3.8) is 0 Å². The Bertz CT molecular complexity index is 803. The molecular weight excluding hydrogens is 383 g/mol. The summed E-state index contributed by atoms with van der Waals surface area (Å²) in [4.78, 5) is 15.2. The zero-order valence-electron chi connectivity index (χ0n) is 15.4. The summed E-state index contributed by atoms with van der Waals surface area (Å²) in [7, 11) is 0. The Morgan fingerprint density at radius 2 is 1.89 bits per heavy atom. The molecule has 2 aliphatic rings. The maximum absolute atomic E-state index is 13.3. The first kappa shape index (κ1) is 20.2. The van der Waals surface area contributed by atoms with Crippen molar-refractivity contribution in [2.45, 2.75) is 51.0 Å². The van der Waals surface area contributed by atoms with Crippen molar-refractivity contribution in [2.24, 2.45) is 5.73 Å². The van der Waals surface area contributed by atoms with E-state index in [4.69, 9.17) is 22.4 Å². The number of amides is 1. The lowest BCUT2D eigenvalue weighted by molar-refractivity contribution is 0.0733. The number of fused-ring (bicyclic) bond motifs is 1. The number of carbonyl (C=O) groups is 1. The van der Waals surface area contributed by atoms with Crippen LogP contribution >= 0.6 is 24.0 Å². The minimum Gasteiger partial charge on any atom is -0.333 e. The predicted octanol–water partition coefficient (Wildman–Crippen LogP) is 3.78. The minimum atomic E-state index is 0. The molecule has 1 aromatic carbocycles. The van der Waals surface area contributed by atoms with Crippen molar-refractivity contribution >= 4 is 29.9 Å². The van der Waals surface area contributed by atoms with Crippen LogP contribution in [0.15, 0.2) is 24.3 Å². The van der Waals surface area contributed by atoms with Crippen molar-refractivity contribution in [1.29, 1.82) is 0 Å². The molecule has 1 aromatic heterocycles. The second kappa shape index (κ2) is 8.63. The Kier molecular flexibility index (Phi) is 6.45. The van der Waals surface area contributed by atoms with E-state index in [1.807, 2.05) is 33.8 Å². The molecule has 0 spiro atoms. The van der Waals surface area contributed by atoms with Crippen LogP contribution in [0.4, 0.5) is 0 Å². The van der Waals surface area contributed by atoms with Crippen LogP contribution in [0, 0.1) is 0 Å². The first-order valence-corrected chi connectivity index (χ1v) is 9.94. The summed E-state index contributed by atoms with van der Waals surface area (Å²) in [6, 6.07) is 7.81. The number of halogens is 2. The van der Waals surface area contributed by atoms with Crippen LogP contribution in [0.2, 0.25) is 5.02 Å². The molecular formula is C20H26Cl2N4O. The highest BCUT2D eigenvalue weighted by Gasteiger charge is 2.33. The van der Waals surface area contributed by atoms with Gasteiger partial charge in [0.25, 0.3) is 5.91 Å². The number of hydrogen-bond acceptors (Lipinski definition) is 3. The minimum absolute atomic E-state index is 0. The Morgan fingerprint density at radius 3 is 2.63 bits per heavy atom. The third kappa shape index (κ3) is 3.86.